The summed E-state index contributed by atoms with van der Waals surface area (Å²) in [6.45, 7) is 4.72. The Morgan fingerprint density at radius 1 is 0.540 bits per heavy atom. The van der Waals surface area contributed by atoms with E-state index in [9.17, 15) is 19.4 Å². The normalized spacial score (nSPS) is 14.5. The van der Waals surface area contributed by atoms with Gasteiger partial charge in [0.15, 0.2) is 0 Å². The Kier molecular flexibility index (Phi) is 44.5. The van der Waals surface area contributed by atoms with Crippen LogP contribution in [0.25, 0.3) is 0 Å². The first-order valence-corrected chi connectivity index (χ1v) is 28.0. The summed E-state index contributed by atoms with van der Waals surface area (Å²) >= 11 is 0. The van der Waals surface area contributed by atoms with Gasteiger partial charge in [0, 0.05) is 6.42 Å². The van der Waals surface area contributed by atoms with Gasteiger partial charge in [-0.15, -0.1) is 0 Å². The molecule has 1 amide bonds. The zero-order valence-electron chi connectivity index (χ0n) is 42.1. The molecule has 3 atom stereocenters. The van der Waals surface area contributed by atoms with Crippen LogP contribution in [0.5, 0.6) is 0 Å². The minimum atomic E-state index is -4.33. The van der Waals surface area contributed by atoms with Crippen molar-refractivity contribution in [3.63, 3.8) is 0 Å². The van der Waals surface area contributed by atoms with Crippen LogP contribution in [0.1, 0.15) is 239 Å². The van der Waals surface area contributed by atoms with E-state index in [1.807, 2.05) is 27.2 Å². The maximum atomic E-state index is 12.8. The summed E-state index contributed by atoms with van der Waals surface area (Å²) in [5.74, 6) is -0.181. The lowest BCUT2D eigenvalue weighted by Crippen LogP contribution is -2.45. The fourth-order valence-electron chi connectivity index (χ4n) is 7.58. The maximum absolute atomic E-state index is 12.8. The predicted octanol–water partition coefficient (Wildman–Crippen LogP) is 15.6. The summed E-state index contributed by atoms with van der Waals surface area (Å²) in [5, 5.41) is 13.7. The van der Waals surface area contributed by atoms with Crippen LogP contribution < -0.4 is 5.32 Å². The number of aliphatic hydroxyl groups is 1. The zero-order chi connectivity index (χ0) is 46.4. The minimum Gasteiger partial charge on any atom is -0.387 e. The second-order valence-electron chi connectivity index (χ2n) is 19.3. The number of aliphatic hydroxyl groups excluding tert-OH is 1. The molecular weight excluding hydrogens is 804 g/mol. The highest BCUT2D eigenvalue weighted by Crippen LogP contribution is 2.43. The average Bonchev–Trinajstić information content (AvgIpc) is 3.24. The molecule has 0 fully saturated rings. The van der Waals surface area contributed by atoms with E-state index in [1.165, 1.54) is 161 Å². The second-order valence-corrected chi connectivity index (χ2v) is 20.7. The van der Waals surface area contributed by atoms with Gasteiger partial charge in [0.05, 0.1) is 39.9 Å². The molecular formula is C54H104N2O6P+. The predicted molar refractivity (Wildman–Crippen MR) is 272 cm³/mol. The third kappa shape index (κ3) is 48.2. The number of quaternary nitrogens is 1. The van der Waals surface area contributed by atoms with E-state index < -0.39 is 20.0 Å². The summed E-state index contributed by atoms with van der Waals surface area (Å²) in [4.78, 5) is 23.0. The summed E-state index contributed by atoms with van der Waals surface area (Å²) in [7, 11) is 1.57. The first-order chi connectivity index (χ1) is 30.5. The minimum absolute atomic E-state index is 0.0612. The fraction of sp³-hybridized carbons (Fsp3) is 0.833. The van der Waals surface area contributed by atoms with Crippen LogP contribution in [0.4, 0.5) is 0 Å². The highest BCUT2D eigenvalue weighted by molar-refractivity contribution is 7.47. The van der Waals surface area contributed by atoms with Gasteiger partial charge < -0.3 is 19.8 Å². The van der Waals surface area contributed by atoms with Crippen LogP contribution in [0.2, 0.25) is 0 Å². The molecule has 0 spiro atoms. The third-order valence-corrected chi connectivity index (χ3v) is 12.8. The van der Waals surface area contributed by atoms with Crippen LogP contribution in [-0.2, 0) is 18.4 Å². The molecule has 8 nitrogen and oxygen atoms in total. The van der Waals surface area contributed by atoms with E-state index in [0.29, 0.717) is 17.4 Å². The number of hydrogen-bond acceptors (Lipinski definition) is 5. The molecule has 0 saturated carbocycles. The number of nitrogens with one attached hydrogen (secondary N) is 1. The van der Waals surface area contributed by atoms with Gasteiger partial charge in [-0.1, -0.05) is 223 Å². The molecule has 0 rings (SSSR count). The van der Waals surface area contributed by atoms with E-state index in [0.717, 1.165) is 57.8 Å². The van der Waals surface area contributed by atoms with Crippen molar-refractivity contribution in [2.24, 2.45) is 0 Å². The van der Waals surface area contributed by atoms with E-state index in [1.54, 1.807) is 6.08 Å². The first kappa shape index (κ1) is 61.5. The Morgan fingerprint density at radius 3 is 1.33 bits per heavy atom. The summed E-state index contributed by atoms with van der Waals surface area (Å²) < 4.78 is 23.4. The lowest BCUT2D eigenvalue weighted by Gasteiger charge is -2.25. The lowest BCUT2D eigenvalue weighted by atomic mass is 10.0. The van der Waals surface area contributed by atoms with Crippen molar-refractivity contribution in [2.75, 3.05) is 40.9 Å². The lowest BCUT2D eigenvalue weighted by molar-refractivity contribution is -0.870. The number of allylic oxidation sites excluding steroid dienone is 7. The topological polar surface area (TPSA) is 105 Å². The van der Waals surface area contributed by atoms with Crippen molar-refractivity contribution >= 4 is 13.7 Å². The Balaban J connectivity index is 3.81. The van der Waals surface area contributed by atoms with Gasteiger partial charge in [-0.25, -0.2) is 4.57 Å². The SMILES string of the molecule is CCCCCC/C=C/C(O)C(COP(=O)(O)OCC[N+](C)(C)C)NC(=O)CCCCCCCCCCCCCCCCCCCCCC/C=C\C/C=C\C/C=C\CCCCCCC. The molecule has 0 saturated heterocycles. The van der Waals surface area contributed by atoms with Crippen LogP contribution in [0.3, 0.4) is 0 Å². The van der Waals surface area contributed by atoms with Crippen LogP contribution in [-0.4, -0.2) is 73.4 Å². The summed E-state index contributed by atoms with van der Waals surface area (Å²) in [6.07, 6.45) is 59.7. The number of rotatable bonds is 48. The molecule has 0 aromatic carbocycles. The standard InChI is InChI=1S/C54H103N2O6P/c1-6-8-10-12-14-15-16-17-18-19-20-21-22-23-24-25-26-27-28-29-30-31-32-33-34-35-36-37-38-39-40-41-42-44-46-48-54(58)55-52(53(57)47-45-43-13-11-9-7-2)51-62-63(59,60)61-50-49-56(3,4)5/h16-17,19-20,22-23,45,47,52-53,57H,6-15,18,21,24-44,46,48-51H2,1-5H3,(H-,55,58,59,60)/p+1/b17-16-,20-19-,23-22-,47-45+. The fourth-order valence-corrected chi connectivity index (χ4v) is 8.31. The Labute approximate surface area is 390 Å². The van der Waals surface area contributed by atoms with Crippen molar-refractivity contribution in [3.8, 4) is 0 Å². The van der Waals surface area contributed by atoms with E-state index >= 15 is 0 Å². The number of amides is 1. The Hall–Kier alpha value is -1.54. The number of unbranched alkanes of at least 4 members (excludes halogenated alkanes) is 29. The quantitative estimate of drug-likeness (QED) is 0.0243. The first-order valence-electron chi connectivity index (χ1n) is 26.5. The molecule has 63 heavy (non-hydrogen) atoms. The summed E-state index contributed by atoms with van der Waals surface area (Å²) in [5.41, 5.74) is 0. The Bertz CT molecular complexity index is 1170. The number of carbonyl (C=O) groups excluding carboxylic acids is 1. The van der Waals surface area contributed by atoms with E-state index in [-0.39, 0.29) is 19.1 Å². The Morgan fingerprint density at radius 2 is 0.905 bits per heavy atom. The van der Waals surface area contributed by atoms with Gasteiger partial charge in [0.2, 0.25) is 5.91 Å². The van der Waals surface area contributed by atoms with Gasteiger partial charge in [-0.05, 0) is 57.8 Å². The number of likely N-dealkylation sites (N-methyl/N-ethyl adjacent to an activating group) is 1. The molecule has 0 aliphatic heterocycles. The van der Waals surface area contributed by atoms with Gasteiger partial charge in [-0.2, -0.15) is 0 Å². The van der Waals surface area contributed by atoms with Crippen molar-refractivity contribution in [1.29, 1.82) is 0 Å². The van der Waals surface area contributed by atoms with E-state index in [4.69, 9.17) is 9.05 Å². The summed E-state index contributed by atoms with van der Waals surface area (Å²) in [6, 6.07) is -0.842. The number of nitrogens with zero attached hydrogens (tertiary/aromatic N) is 1. The van der Waals surface area contributed by atoms with Crippen LogP contribution in [0.15, 0.2) is 48.6 Å². The molecule has 3 N–H and O–H groups in total. The highest BCUT2D eigenvalue weighted by atomic mass is 31.2. The van der Waals surface area contributed by atoms with E-state index in [2.05, 4.69) is 55.6 Å². The molecule has 0 bridgehead atoms. The molecule has 0 aliphatic carbocycles. The van der Waals surface area contributed by atoms with Crippen LogP contribution in [0, 0.1) is 0 Å². The largest absolute Gasteiger partial charge is 0.472 e. The third-order valence-electron chi connectivity index (χ3n) is 11.8. The molecule has 0 heterocycles. The van der Waals surface area contributed by atoms with Gasteiger partial charge in [0.25, 0.3) is 0 Å². The molecule has 9 heteroatoms. The monoisotopic (exact) mass is 908 g/mol. The van der Waals surface area contributed by atoms with Gasteiger partial charge >= 0.3 is 7.82 Å². The van der Waals surface area contributed by atoms with Gasteiger partial charge in [-0.3, -0.25) is 13.8 Å². The molecule has 0 radical (unpaired) electrons. The van der Waals surface area contributed by atoms with Crippen molar-refractivity contribution in [1.82, 2.24) is 5.32 Å². The maximum Gasteiger partial charge on any atom is 0.472 e. The number of phosphoric ester groups is 1. The highest BCUT2D eigenvalue weighted by Gasteiger charge is 2.27. The molecule has 370 valence electrons. The van der Waals surface area contributed by atoms with Crippen LogP contribution >= 0.6 is 7.82 Å². The number of hydrogen-bond donors (Lipinski definition) is 3. The average molecular weight is 908 g/mol. The molecule has 0 aliphatic rings. The second kappa shape index (κ2) is 45.6. The smallest absolute Gasteiger partial charge is 0.387 e. The number of phosphoric acid groups is 1. The van der Waals surface area contributed by atoms with Crippen molar-refractivity contribution < 1.29 is 32.9 Å². The molecule has 0 aromatic rings. The number of carbonyl (C=O) groups is 1. The van der Waals surface area contributed by atoms with Crippen molar-refractivity contribution in [2.45, 2.75) is 251 Å². The van der Waals surface area contributed by atoms with Gasteiger partial charge in [0.1, 0.15) is 13.2 Å². The van der Waals surface area contributed by atoms with Crippen molar-refractivity contribution in [3.05, 3.63) is 48.6 Å². The zero-order valence-corrected chi connectivity index (χ0v) is 43.0. The molecule has 3 unspecified atom stereocenters. The molecule has 0 aromatic heterocycles.